The van der Waals surface area contributed by atoms with Crippen LogP contribution in [0.5, 0.6) is 5.75 Å². The lowest BCUT2D eigenvalue weighted by Gasteiger charge is -2.26. The van der Waals surface area contributed by atoms with Crippen LogP contribution in [0.1, 0.15) is 42.5 Å². The molecule has 0 unspecified atom stereocenters. The second-order valence-corrected chi connectivity index (χ2v) is 5.16. The largest absolute Gasteiger partial charge is 0.497 e. The number of rotatable bonds is 6. The molecule has 0 amide bonds. The van der Waals surface area contributed by atoms with Crippen molar-refractivity contribution in [2.45, 2.75) is 32.1 Å². The van der Waals surface area contributed by atoms with Gasteiger partial charge in [0, 0.05) is 12.0 Å². The molecule has 3 nitrogen and oxygen atoms in total. The van der Waals surface area contributed by atoms with Crippen molar-refractivity contribution < 1.29 is 9.53 Å². The first-order valence-electron chi connectivity index (χ1n) is 7.19. The minimum Gasteiger partial charge on any atom is -0.497 e. The first-order chi connectivity index (χ1) is 9.29. The molecular weight excluding hydrogens is 238 g/mol. The van der Waals surface area contributed by atoms with Crippen LogP contribution >= 0.6 is 0 Å². The fourth-order valence-corrected chi connectivity index (χ4v) is 2.57. The number of ketones is 1. The second kappa shape index (κ2) is 7.29. The molecule has 1 fully saturated rings. The standard InChI is InChI=1S/C16H23NO2/c1-19-15-9-7-14(8-10-15)16(18)6-5-13-17-11-3-2-4-12-17/h7-10H,2-6,11-13H2,1H3. The number of ether oxygens (including phenoxy) is 1. The minimum absolute atomic E-state index is 0.236. The number of benzene rings is 1. The Bertz CT molecular complexity index is 394. The van der Waals surface area contributed by atoms with Gasteiger partial charge in [0.15, 0.2) is 5.78 Å². The molecule has 0 radical (unpaired) electrons. The predicted molar refractivity (Wildman–Crippen MR) is 76.8 cm³/mol. The molecule has 0 saturated carbocycles. The Hall–Kier alpha value is -1.35. The zero-order valence-corrected chi connectivity index (χ0v) is 11.7. The normalized spacial score (nSPS) is 16.3. The third kappa shape index (κ3) is 4.35. The third-order valence-corrected chi connectivity index (χ3v) is 3.74. The first-order valence-corrected chi connectivity index (χ1v) is 7.19. The van der Waals surface area contributed by atoms with Crippen molar-refractivity contribution in [3.05, 3.63) is 29.8 Å². The van der Waals surface area contributed by atoms with E-state index < -0.39 is 0 Å². The highest BCUT2D eigenvalue weighted by molar-refractivity contribution is 5.96. The molecule has 1 aromatic rings. The molecule has 1 saturated heterocycles. The lowest BCUT2D eigenvalue weighted by atomic mass is 10.1. The van der Waals surface area contributed by atoms with Crippen LogP contribution in [0.4, 0.5) is 0 Å². The Balaban J connectivity index is 1.73. The molecule has 0 bridgehead atoms. The fraction of sp³-hybridized carbons (Fsp3) is 0.562. The number of Topliss-reactive ketones (excluding diaryl/α,β-unsaturated/α-hetero) is 1. The summed E-state index contributed by atoms with van der Waals surface area (Å²) in [5.74, 6) is 1.03. The third-order valence-electron chi connectivity index (χ3n) is 3.74. The first kappa shape index (κ1) is 14.1. The van der Waals surface area contributed by atoms with E-state index in [2.05, 4.69) is 4.90 Å². The van der Waals surface area contributed by atoms with Crippen molar-refractivity contribution in [1.82, 2.24) is 4.90 Å². The molecule has 1 heterocycles. The highest BCUT2D eigenvalue weighted by Crippen LogP contribution is 2.14. The van der Waals surface area contributed by atoms with Crippen molar-refractivity contribution in [2.75, 3.05) is 26.7 Å². The van der Waals surface area contributed by atoms with Gasteiger partial charge in [0.25, 0.3) is 0 Å². The smallest absolute Gasteiger partial charge is 0.162 e. The van der Waals surface area contributed by atoms with Crippen LogP contribution in [0.3, 0.4) is 0 Å². The molecule has 104 valence electrons. The van der Waals surface area contributed by atoms with E-state index in [-0.39, 0.29) is 5.78 Å². The topological polar surface area (TPSA) is 29.5 Å². The highest BCUT2D eigenvalue weighted by Gasteiger charge is 2.11. The average Bonchev–Trinajstić information content (AvgIpc) is 2.48. The van der Waals surface area contributed by atoms with E-state index in [4.69, 9.17) is 4.74 Å². The maximum Gasteiger partial charge on any atom is 0.162 e. The molecule has 0 aliphatic carbocycles. The number of likely N-dealkylation sites (tertiary alicyclic amines) is 1. The minimum atomic E-state index is 0.236. The van der Waals surface area contributed by atoms with Crippen molar-refractivity contribution >= 4 is 5.78 Å². The quantitative estimate of drug-likeness (QED) is 0.737. The van der Waals surface area contributed by atoms with E-state index in [1.54, 1.807) is 7.11 Å². The highest BCUT2D eigenvalue weighted by atomic mass is 16.5. The number of hydrogen-bond donors (Lipinski definition) is 0. The van der Waals surface area contributed by atoms with Crippen LogP contribution in [0.15, 0.2) is 24.3 Å². The molecule has 0 atom stereocenters. The van der Waals surface area contributed by atoms with E-state index in [1.165, 1.54) is 32.4 Å². The molecule has 19 heavy (non-hydrogen) atoms. The van der Waals surface area contributed by atoms with Crippen molar-refractivity contribution in [1.29, 1.82) is 0 Å². The van der Waals surface area contributed by atoms with Crippen molar-refractivity contribution in [3.8, 4) is 5.75 Å². The SMILES string of the molecule is COc1ccc(C(=O)CCCN2CCCCC2)cc1. The lowest BCUT2D eigenvalue weighted by molar-refractivity contribution is 0.0973. The Kier molecular flexibility index (Phi) is 5.40. The summed E-state index contributed by atoms with van der Waals surface area (Å²) >= 11 is 0. The molecule has 0 N–H and O–H groups in total. The zero-order chi connectivity index (χ0) is 13.5. The van der Waals surface area contributed by atoms with Crippen molar-refractivity contribution in [2.24, 2.45) is 0 Å². The number of hydrogen-bond acceptors (Lipinski definition) is 3. The molecule has 2 rings (SSSR count). The molecule has 1 aromatic carbocycles. The number of carbonyl (C=O) groups is 1. The summed E-state index contributed by atoms with van der Waals surface area (Å²) in [5.41, 5.74) is 0.791. The predicted octanol–water partition coefficient (Wildman–Crippen LogP) is 3.14. The summed E-state index contributed by atoms with van der Waals surface area (Å²) in [7, 11) is 1.63. The van der Waals surface area contributed by atoms with Gasteiger partial charge in [-0.2, -0.15) is 0 Å². The number of piperidine rings is 1. The van der Waals surface area contributed by atoms with E-state index in [1.807, 2.05) is 24.3 Å². The van der Waals surface area contributed by atoms with Crippen LogP contribution in [0, 0.1) is 0 Å². The summed E-state index contributed by atoms with van der Waals surface area (Å²) < 4.78 is 5.09. The van der Waals surface area contributed by atoms with Gasteiger partial charge in [-0.25, -0.2) is 0 Å². The maximum absolute atomic E-state index is 12.0. The summed E-state index contributed by atoms with van der Waals surface area (Å²) in [5, 5.41) is 0. The number of methoxy groups -OCH3 is 1. The summed E-state index contributed by atoms with van der Waals surface area (Å²) in [4.78, 5) is 14.5. The van der Waals surface area contributed by atoms with E-state index >= 15 is 0 Å². The van der Waals surface area contributed by atoms with E-state index in [0.717, 1.165) is 24.3 Å². The van der Waals surface area contributed by atoms with Crippen LogP contribution in [-0.4, -0.2) is 37.4 Å². The van der Waals surface area contributed by atoms with Crippen molar-refractivity contribution in [3.63, 3.8) is 0 Å². The van der Waals surface area contributed by atoms with Crippen LogP contribution in [-0.2, 0) is 0 Å². The van der Waals surface area contributed by atoms with Gasteiger partial charge in [-0.15, -0.1) is 0 Å². The van der Waals surface area contributed by atoms with Crippen LogP contribution in [0.2, 0.25) is 0 Å². The summed E-state index contributed by atoms with van der Waals surface area (Å²) in [6.45, 7) is 3.47. The molecule has 3 heteroatoms. The van der Waals surface area contributed by atoms with E-state index in [0.29, 0.717) is 6.42 Å². The Morgan fingerprint density at radius 3 is 2.47 bits per heavy atom. The van der Waals surface area contributed by atoms with Gasteiger partial charge in [-0.1, -0.05) is 6.42 Å². The monoisotopic (exact) mass is 261 g/mol. The average molecular weight is 261 g/mol. The van der Waals surface area contributed by atoms with Gasteiger partial charge in [0.2, 0.25) is 0 Å². The number of nitrogens with zero attached hydrogens (tertiary/aromatic N) is 1. The summed E-state index contributed by atoms with van der Waals surface area (Å²) in [6.07, 6.45) is 5.59. The molecule has 1 aliphatic heterocycles. The fourth-order valence-electron chi connectivity index (χ4n) is 2.57. The molecular formula is C16H23NO2. The summed E-state index contributed by atoms with van der Waals surface area (Å²) in [6, 6.07) is 7.39. The molecule has 0 spiro atoms. The second-order valence-electron chi connectivity index (χ2n) is 5.16. The van der Waals surface area contributed by atoms with Gasteiger partial charge in [-0.3, -0.25) is 4.79 Å². The zero-order valence-electron chi connectivity index (χ0n) is 11.7. The van der Waals surface area contributed by atoms with E-state index in [9.17, 15) is 4.79 Å². The lowest BCUT2D eigenvalue weighted by Crippen LogP contribution is -2.30. The van der Waals surface area contributed by atoms with Gasteiger partial charge in [-0.05, 0) is 63.2 Å². The molecule has 0 aromatic heterocycles. The maximum atomic E-state index is 12.0. The molecule has 1 aliphatic rings. The van der Waals surface area contributed by atoms with Gasteiger partial charge in [0.05, 0.1) is 7.11 Å². The van der Waals surface area contributed by atoms with Gasteiger partial charge < -0.3 is 9.64 Å². The Morgan fingerprint density at radius 1 is 1.16 bits per heavy atom. The number of carbonyl (C=O) groups excluding carboxylic acids is 1. The van der Waals surface area contributed by atoms with Gasteiger partial charge in [0.1, 0.15) is 5.75 Å². The van der Waals surface area contributed by atoms with Crippen LogP contribution < -0.4 is 4.74 Å². The Morgan fingerprint density at radius 2 is 1.84 bits per heavy atom. The van der Waals surface area contributed by atoms with Crippen LogP contribution in [0.25, 0.3) is 0 Å². The Labute approximate surface area is 115 Å². The van der Waals surface area contributed by atoms with Gasteiger partial charge >= 0.3 is 0 Å².